The molecule has 8 aromatic rings. The number of hydrogen-bond donors (Lipinski definition) is 0. The van der Waals surface area contributed by atoms with Crippen molar-refractivity contribution in [3.05, 3.63) is 204 Å². The lowest BCUT2D eigenvalue weighted by Crippen LogP contribution is -2.33. The molecule has 0 fully saturated rings. The number of hydrogen-bond acceptors (Lipinski definition) is 3. The second kappa shape index (κ2) is 12.6. The molecule has 0 saturated heterocycles. The fourth-order valence-electron chi connectivity index (χ4n) is 10.1. The highest BCUT2D eigenvalue weighted by molar-refractivity contribution is 5.98. The van der Waals surface area contributed by atoms with Gasteiger partial charge in [0, 0.05) is 28.3 Å². The molecule has 11 rings (SSSR count). The standard InChI is InChI=1S/C55H44N2O/c1-35-16-14-25-49-52(35)57-48-24-15-22-42(38-19-10-7-11-20-38)51(48)55(4,5)47-33-41(34-50(58-49)53(47)57)56(39-28-26-37(27-29-39)36-17-8-6-9-18-36)40-30-31-44-43-21-12-13-23-45(43)54(2,3)46(44)32-40/h6-34H,1-5H3. The average molecular weight is 749 g/mol. The number of rotatable bonds is 5. The van der Waals surface area contributed by atoms with Gasteiger partial charge in [-0.2, -0.15) is 0 Å². The van der Waals surface area contributed by atoms with E-state index in [2.05, 4.69) is 220 Å². The summed E-state index contributed by atoms with van der Waals surface area (Å²) in [5.74, 6) is 1.72. The van der Waals surface area contributed by atoms with Gasteiger partial charge in [0.1, 0.15) is 0 Å². The zero-order valence-electron chi connectivity index (χ0n) is 33.5. The monoisotopic (exact) mass is 748 g/mol. The molecule has 0 bridgehead atoms. The van der Waals surface area contributed by atoms with E-state index in [-0.39, 0.29) is 10.8 Å². The van der Waals surface area contributed by atoms with Crippen LogP contribution in [0, 0.1) is 6.92 Å². The first-order chi connectivity index (χ1) is 28.2. The summed E-state index contributed by atoms with van der Waals surface area (Å²) in [6.07, 6.45) is 0. The van der Waals surface area contributed by atoms with Gasteiger partial charge in [-0.05, 0) is 111 Å². The third-order valence-corrected chi connectivity index (χ3v) is 12.9. The van der Waals surface area contributed by atoms with Gasteiger partial charge in [0.25, 0.3) is 0 Å². The first-order valence-electron chi connectivity index (χ1n) is 20.4. The van der Waals surface area contributed by atoms with Crippen molar-refractivity contribution >= 4 is 34.1 Å². The number of ether oxygens (including phenoxy) is 1. The summed E-state index contributed by atoms with van der Waals surface area (Å²) in [7, 11) is 0. The number of fused-ring (bicyclic) bond motifs is 7. The molecular weight excluding hydrogens is 705 g/mol. The number of nitrogens with zero attached hydrogens (tertiary/aromatic N) is 2. The van der Waals surface area contributed by atoms with Gasteiger partial charge < -0.3 is 14.5 Å². The van der Waals surface area contributed by atoms with Crippen molar-refractivity contribution in [1.82, 2.24) is 0 Å². The summed E-state index contributed by atoms with van der Waals surface area (Å²) in [5.41, 5.74) is 20.0. The largest absolute Gasteiger partial charge is 0.453 e. The molecule has 0 unspecified atom stereocenters. The Morgan fingerprint density at radius 1 is 0.431 bits per heavy atom. The van der Waals surface area contributed by atoms with Crippen LogP contribution >= 0.6 is 0 Å². The summed E-state index contributed by atoms with van der Waals surface area (Å²) in [6.45, 7) is 11.7. The lowest BCUT2D eigenvalue weighted by molar-refractivity contribution is 0.471. The van der Waals surface area contributed by atoms with Gasteiger partial charge in [0.05, 0.1) is 22.7 Å². The van der Waals surface area contributed by atoms with Crippen molar-refractivity contribution in [1.29, 1.82) is 0 Å². The molecule has 3 heteroatoms. The van der Waals surface area contributed by atoms with Gasteiger partial charge in [0.2, 0.25) is 0 Å². The lowest BCUT2D eigenvalue weighted by atomic mass is 9.70. The molecular formula is C55H44N2O. The highest BCUT2D eigenvalue weighted by atomic mass is 16.5. The van der Waals surface area contributed by atoms with Crippen LogP contribution in [0.5, 0.6) is 11.5 Å². The molecule has 2 heterocycles. The maximum absolute atomic E-state index is 7.05. The SMILES string of the molecule is Cc1cccc2c1N1c3cccc(-c4ccccc4)c3C(C)(C)c3cc(N(c4ccc(-c5ccccc5)cc4)c4ccc5c(c4)C(C)(C)c4ccccc4-5)cc(c31)O2. The van der Waals surface area contributed by atoms with E-state index in [1.54, 1.807) is 0 Å². The minimum absolute atomic E-state index is 0.142. The molecule has 2 aliphatic heterocycles. The second-order valence-corrected chi connectivity index (χ2v) is 17.0. The molecule has 0 aromatic heterocycles. The Balaban J connectivity index is 1.16. The summed E-state index contributed by atoms with van der Waals surface area (Å²) >= 11 is 0. The van der Waals surface area contributed by atoms with E-state index in [1.165, 1.54) is 66.9 Å². The lowest BCUT2D eigenvalue weighted by Gasteiger charge is -2.46. The summed E-state index contributed by atoms with van der Waals surface area (Å²) in [5, 5.41) is 0. The quantitative estimate of drug-likeness (QED) is 0.174. The number of benzene rings is 8. The van der Waals surface area contributed by atoms with Crippen molar-refractivity contribution in [2.24, 2.45) is 0 Å². The Bertz CT molecular complexity index is 2930. The van der Waals surface area contributed by atoms with Crippen LogP contribution in [0.25, 0.3) is 33.4 Å². The Kier molecular flexibility index (Phi) is 7.46. The van der Waals surface area contributed by atoms with E-state index in [9.17, 15) is 0 Å². The van der Waals surface area contributed by atoms with Crippen LogP contribution < -0.4 is 14.5 Å². The van der Waals surface area contributed by atoms with E-state index < -0.39 is 0 Å². The van der Waals surface area contributed by atoms with Crippen LogP contribution in [0.2, 0.25) is 0 Å². The van der Waals surface area contributed by atoms with Crippen LogP contribution in [-0.4, -0.2) is 0 Å². The summed E-state index contributed by atoms with van der Waals surface area (Å²) in [6, 6.07) is 64.3. The Morgan fingerprint density at radius 3 is 1.83 bits per heavy atom. The molecule has 0 spiro atoms. The number of para-hydroxylation sites is 1. The molecule has 0 radical (unpaired) electrons. The highest BCUT2D eigenvalue weighted by Crippen LogP contribution is 2.63. The van der Waals surface area contributed by atoms with E-state index in [0.29, 0.717) is 0 Å². The van der Waals surface area contributed by atoms with Crippen LogP contribution in [0.15, 0.2) is 176 Å². The maximum atomic E-state index is 7.05. The first kappa shape index (κ1) is 34.4. The molecule has 280 valence electrons. The minimum Gasteiger partial charge on any atom is -0.453 e. The normalized spacial score (nSPS) is 14.7. The zero-order valence-corrected chi connectivity index (χ0v) is 33.5. The highest BCUT2D eigenvalue weighted by Gasteiger charge is 2.44. The van der Waals surface area contributed by atoms with Crippen LogP contribution in [-0.2, 0) is 10.8 Å². The first-order valence-corrected chi connectivity index (χ1v) is 20.4. The van der Waals surface area contributed by atoms with Crippen molar-refractivity contribution < 1.29 is 4.74 Å². The van der Waals surface area contributed by atoms with E-state index in [1.807, 2.05) is 0 Å². The Labute approximate surface area is 341 Å². The molecule has 8 aromatic carbocycles. The molecule has 0 amide bonds. The third kappa shape index (κ3) is 4.99. The predicted octanol–water partition coefficient (Wildman–Crippen LogP) is 15.3. The van der Waals surface area contributed by atoms with Gasteiger partial charge in [-0.15, -0.1) is 0 Å². The van der Waals surface area contributed by atoms with Gasteiger partial charge in [0.15, 0.2) is 11.5 Å². The Morgan fingerprint density at radius 2 is 1.05 bits per heavy atom. The zero-order chi connectivity index (χ0) is 39.3. The smallest absolute Gasteiger partial charge is 0.153 e. The number of anilines is 6. The topological polar surface area (TPSA) is 15.7 Å². The summed E-state index contributed by atoms with van der Waals surface area (Å²) in [4.78, 5) is 4.91. The van der Waals surface area contributed by atoms with Gasteiger partial charge >= 0.3 is 0 Å². The predicted molar refractivity (Wildman–Crippen MR) is 241 cm³/mol. The molecule has 0 atom stereocenters. The molecule has 1 aliphatic carbocycles. The van der Waals surface area contributed by atoms with Crippen LogP contribution in [0.4, 0.5) is 34.1 Å². The van der Waals surface area contributed by atoms with Gasteiger partial charge in [-0.25, -0.2) is 0 Å². The van der Waals surface area contributed by atoms with Crippen LogP contribution in [0.1, 0.15) is 55.5 Å². The molecule has 3 nitrogen and oxygen atoms in total. The molecule has 0 N–H and O–H groups in total. The van der Waals surface area contributed by atoms with Gasteiger partial charge in [-0.1, -0.05) is 155 Å². The van der Waals surface area contributed by atoms with Crippen molar-refractivity contribution in [2.45, 2.75) is 45.4 Å². The fourth-order valence-corrected chi connectivity index (χ4v) is 10.1. The van der Waals surface area contributed by atoms with Crippen molar-refractivity contribution in [3.63, 3.8) is 0 Å². The van der Waals surface area contributed by atoms with Crippen molar-refractivity contribution in [2.75, 3.05) is 9.80 Å². The molecule has 0 saturated carbocycles. The molecule has 3 aliphatic rings. The van der Waals surface area contributed by atoms with E-state index >= 15 is 0 Å². The minimum atomic E-state index is -0.383. The second-order valence-electron chi connectivity index (χ2n) is 17.0. The van der Waals surface area contributed by atoms with Crippen LogP contribution in [0.3, 0.4) is 0 Å². The van der Waals surface area contributed by atoms with E-state index in [4.69, 9.17) is 4.74 Å². The molecule has 58 heavy (non-hydrogen) atoms. The average Bonchev–Trinajstić information content (AvgIpc) is 3.48. The summed E-state index contributed by atoms with van der Waals surface area (Å²) < 4.78 is 7.05. The van der Waals surface area contributed by atoms with Gasteiger partial charge in [-0.3, -0.25) is 0 Å². The maximum Gasteiger partial charge on any atom is 0.153 e. The van der Waals surface area contributed by atoms with E-state index in [0.717, 1.165) is 39.9 Å². The Hall–Kier alpha value is -6.84. The number of aryl methyl sites for hydroxylation is 1. The van der Waals surface area contributed by atoms with Crippen molar-refractivity contribution in [3.8, 4) is 44.9 Å². The fraction of sp³-hybridized carbons (Fsp3) is 0.127. The third-order valence-electron chi connectivity index (χ3n) is 12.9.